The number of anilines is 2. The fraction of sp³-hybridized carbons (Fsp3) is 0.240. The minimum Gasteiger partial charge on any atom is -0.490 e. The van der Waals surface area contributed by atoms with Gasteiger partial charge in [0, 0.05) is 5.69 Å². The van der Waals surface area contributed by atoms with E-state index in [1.807, 2.05) is 0 Å². The van der Waals surface area contributed by atoms with Gasteiger partial charge in [0.15, 0.2) is 0 Å². The number of benzene rings is 3. The van der Waals surface area contributed by atoms with Gasteiger partial charge in [0.1, 0.15) is 18.1 Å². The first-order valence-electron chi connectivity index (χ1n) is 10.9. The van der Waals surface area contributed by atoms with Crippen molar-refractivity contribution in [3.8, 4) is 5.75 Å². The molecule has 1 amide bonds. The first kappa shape index (κ1) is 24.0. The van der Waals surface area contributed by atoms with Gasteiger partial charge in [-0.2, -0.15) is 0 Å². The van der Waals surface area contributed by atoms with Crippen LogP contribution in [0, 0.1) is 5.82 Å². The molecular formula is C25H24ClFN2O4S. The zero-order valence-corrected chi connectivity index (χ0v) is 19.9. The number of carbonyl (C=O) groups is 1. The molecule has 1 aliphatic rings. The lowest BCUT2D eigenvalue weighted by Crippen LogP contribution is -2.38. The molecule has 0 radical (unpaired) electrons. The molecule has 0 atom stereocenters. The predicted molar refractivity (Wildman–Crippen MR) is 130 cm³/mol. The van der Waals surface area contributed by atoms with Gasteiger partial charge in [-0.25, -0.2) is 12.8 Å². The second-order valence-corrected chi connectivity index (χ2v) is 10.3. The topological polar surface area (TPSA) is 75.7 Å². The molecule has 1 aliphatic carbocycles. The Morgan fingerprint density at radius 2 is 1.71 bits per heavy atom. The molecule has 1 saturated carbocycles. The lowest BCUT2D eigenvalue weighted by atomic mass is 10.2. The number of nitrogens with one attached hydrogen (secondary N) is 1. The van der Waals surface area contributed by atoms with Crippen LogP contribution in [0.25, 0.3) is 0 Å². The minimum absolute atomic E-state index is 0.00309. The lowest BCUT2D eigenvalue weighted by Gasteiger charge is -2.24. The fourth-order valence-electron chi connectivity index (χ4n) is 3.82. The summed E-state index contributed by atoms with van der Waals surface area (Å²) in [6.07, 6.45) is 4.63. The highest BCUT2D eigenvalue weighted by Crippen LogP contribution is 2.28. The predicted octanol–water partition coefficient (Wildman–Crippen LogP) is 5.63. The van der Waals surface area contributed by atoms with E-state index in [2.05, 4.69) is 5.32 Å². The summed E-state index contributed by atoms with van der Waals surface area (Å²) in [5, 5.41) is 2.46. The SMILES string of the molecule is O=C(CN(c1ccc(F)c(Cl)c1)S(=O)(=O)c1ccccc1)Nc1ccc(OC2CCCC2)cc1. The molecule has 3 aromatic rings. The summed E-state index contributed by atoms with van der Waals surface area (Å²) in [5.41, 5.74) is 0.573. The van der Waals surface area contributed by atoms with Crippen LogP contribution in [-0.4, -0.2) is 27.0 Å². The van der Waals surface area contributed by atoms with Crippen LogP contribution in [0.5, 0.6) is 5.75 Å². The second-order valence-electron chi connectivity index (χ2n) is 8.02. The highest BCUT2D eigenvalue weighted by molar-refractivity contribution is 7.92. The summed E-state index contributed by atoms with van der Waals surface area (Å²) in [4.78, 5) is 12.8. The summed E-state index contributed by atoms with van der Waals surface area (Å²) in [5.74, 6) is -0.532. The van der Waals surface area contributed by atoms with E-state index in [0.29, 0.717) is 5.69 Å². The third-order valence-corrected chi connectivity index (χ3v) is 7.63. The number of rotatable bonds is 8. The molecule has 0 aliphatic heterocycles. The van der Waals surface area contributed by atoms with Crippen molar-refractivity contribution in [3.05, 3.63) is 83.6 Å². The monoisotopic (exact) mass is 502 g/mol. The smallest absolute Gasteiger partial charge is 0.264 e. The standard InChI is InChI=1S/C25H24ClFN2O4S/c26-23-16-19(12-15-24(23)27)29(34(31,32)22-8-2-1-3-9-22)17-25(30)28-18-10-13-21(14-11-18)33-20-6-4-5-7-20/h1-3,8-16,20H,4-7,17H2,(H,28,30). The van der Waals surface area contributed by atoms with Crippen molar-refractivity contribution >= 4 is 38.9 Å². The largest absolute Gasteiger partial charge is 0.490 e. The molecule has 178 valence electrons. The third kappa shape index (κ3) is 5.69. The van der Waals surface area contributed by atoms with Crippen molar-refractivity contribution in [1.29, 1.82) is 0 Å². The molecule has 0 unspecified atom stereocenters. The molecule has 3 aromatic carbocycles. The highest BCUT2D eigenvalue weighted by atomic mass is 35.5. The maximum Gasteiger partial charge on any atom is 0.264 e. The van der Waals surface area contributed by atoms with E-state index >= 15 is 0 Å². The minimum atomic E-state index is -4.12. The van der Waals surface area contributed by atoms with Gasteiger partial charge < -0.3 is 10.1 Å². The van der Waals surface area contributed by atoms with Gasteiger partial charge in [-0.15, -0.1) is 0 Å². The summed E-state index contributed by atoms with van der Waals surface area (Å²) in [7, 11) is -4.12. The van der Waals surface area contributed by atoms with E-state index in [9.17, 15) is 17.6 Å². The van der Waals surface area contributed by atoms with Gasteiger partial charge >= 0.3 is 0 Å². The van der Waals surface area contributed by atoms with Crippen LogP contribution < -0.4 is 14.4 Å². The Balaban J connectivity index is 1.52. The number of halogens is 2. The van der Waals surface area contributed by atoms with Crippen LogP contribution in [-0.2, 0) is 14.8 Å². The molecular weight excluding hydrogens is 479 g/mol. The highest BCUT2D eigenvalue weighted by Gasteiger charge is 2.28. The van der Waals surface area contributed by atoms with E-state index in [4.69, 9.17) is 16.3 Å². The molecule has 0 spiro atoms. The van der Waals surface area contributed by atoms with Crippen molar-refractivity contribution < 1.29 is 22.3 Å². The van der Waals surface area contributed by atoms with E-state index < -0.39 is 28.3 Å². The Labute approximate surface area is 203 Å². The van der Waals surface area contributed by atoms with Crippen LogP contribution in [0.1, 0.15) is 25.7 Å². The molecule has 0 bridgehead atoms. The number of hydrogen-bond acceptors (Lipinski definition) is 4. The Hall–Kier alpha value is -3.10. The van der Waals surface area contributed by atoms with Crippen molar-refractivity contribution in [2.75, 3.05) is 16.2 Å². The number of ether oxygens (including phenoxy) is 1. The number of carbonyl (C=O) groups excluding carboxylic acids is 1. The maximum atomic E-state index is 13.7. The van der Waals surface area contributed by atoms with Crippen LogP contribution >= 0.6 is 11.6 Å². The van der Waals surface area contributed by atoms with E-state index in [1.54, 1.807) is 42.5 Å². The van der Waals surface area contributed by atoms with Crippen molar-refractivity contribution in [2.24, 2.45) is 0 Å². The van der Waals surface area contributed by atoms with Crippen LogP contribution in [0.2, 0.25) is 5.02 Å². The number of amides is 1. The van der Waals surface area contributed by atoms with Gasteiger partial charge in [0.05, 0.1) is 21.7 Å². The van der Waals surface area contributed by atoms with Crippen molar-refractivity contribution in [2.45, 2.75) is 36.7 Å². The van der Waals surface area contributed by atoms with Gasteiger partial charge in [0.2, 0.25) is 5.91 Å². The Bertz CT molecular complexity index is 1250. The molecule has 0 heterocycles. The normalized spacial score (nSPS) is 14.1. The van der Waals surface area contributed by atoms with Crippen LogP contribution in [0.3, 0.4) is 0 Å². The maximum absolute atomic E-state index is 13.7. The zero-order valence-electron chi connectivity index (χ0n) is 18.3. The number of hydrogen-bond donors (Lipinski definition) is 1. The molecule has 4 rings (SSSR count). The lowest BCUT2D eigenvalue weighted by molar-refractivity contribution is -0.114. The average Bonchev–Trinajstić information content (AvgIpc) is 3.34. The van der Waals surface area contributed by atoms with Gasteiger partial charge in [-0.05, 0) is 80.3 Å². The summed E-state index contributed by atoms with van der Waals surface area (Å²) in [6, 6.07) is 18.2. The zero-order chi connectivity index (χ0) is 24.1. The van der Waals surface area contributed by atoms with E-state index in [-0.39, 0.29) is 21.7 Å². The van der Waals surface area contributed by atoms with E-state index in [1.165, 1.54) is 37.1 Å². The summed E-state index contributed by atoms with van der Waals surface area (Å²) < 4.78 is 47.2. The van der Waals surface area contributed by atoms with Crippen LogP contribution in [0.4, 0.5) is 15.8 Å². The molecule has 1 fully saturated rings. The van der Waals surface area contributed by atoms with Crippen molar-refractivity contribution in [1.82, 2.24) is 0 Å². The third-order valence-electron chi connectivity index (χ3n) is 5.55. The Kier molecular flexibility index (Phi) is 7.38. The number of nitrogens with zero attached hydrogens (tertiary/aromatic N) is 1. The molecule has 6 nitrogen and oxygen atoms in total. The first-order valence-corrected chi connectivity index (χ1v) is 12.7. The van der Waals surface area contributed by atoms with Crippen molar-refractivity contribution in [3.63, 3.8) is 0 Å². The molecule has 0 saturated heterocycles. The van der Waals surface area contributed by atoms with Gasteiger partial charge in [-0.3, -0.25) is 9.10 Å². The average molecular weight is 503 g/mol. The van der Waals surface area contributed by atoms with Crippen LogP contribution in [0.15, 0.2) is 77.7 Å². The molecule has 1 N–H and O–H groups in total. The fourth-order valence-corrected chi connectivity index (χ4v) is 5.43. The Morgan fingerprint density at radius 3 is 2.35 bits per heavy atom. The van der Waals surface area contributed by atoms with Gasteiger partial charge in [-0.1, -0.05) is 29.8 Å². The summed E-state index contributed by atoms with van der Waals surface area (Å²) >= 11 is 5.89. The molecule has 9 heteroatoms. The Morgan fingerprint density at radius 1 is 1.03 bits per heavy atom. The summed E-state index contributed by atoms with van der Waals surface area (Å²) in [6.45, 7) is -0.528. The quantitative estimate of drug-likeness (QED) is 0.433. The molecule has 0 aromatic heterocycles. The van der Waals surface area contributed by atoms with E-state index in [0.717, 1.165) is 29.0 Å². The number of sulfonamides is 1. The molecule has 34 heavy (non-hydrogen) atoms. The first-order chi connectivity index (χ1) is 16.3. The second kappa shape index (κ2) is 10.4. The van der Waals surface area contributed by atoms with Gasteiger partial charge in [0.25, 0.3) is 10.0 Å².